The van der Waals surface area contributed by atoms with Crippen molar-refractivity contribution in [2.24, 2.45) is 0 Å². The van der Waals surface area contributed by atoms with E-state index in [0.29, 0.717) is 30.0 Å². The Morgan fingerprint density at radius 2 is 1.86 bits per heavy atom. The van der Waals surface area contributed by atoms with Gasteiger partial charge < -0.3 is 9.47 Å². The molecule has 0 aliphatic rings. The number of halogens is 1. The van der Waals surface area contributed by atoms with Crippen LogP contribution in [0, 0.1) is 5.82 Å². The minimum absolute atomic E-state index is 0.141. The van der Waals surface area contributed by atoms with Gasteiger partial charge >= 0.3 is 0 Å². The minimum Gasteiger partial charge on any atom is -0.334 e. The van der Waals surface area contributed by atoms with E-state index in [9.17, 15) is 9.18 Å². The zero-order valence-electron chi connectivity index (χ0n) is 15.4. The molecule has 0 saturated carbocycles. The molecule has 2 aromatic heterocycles. The summed E-state index contributed by atoms with van der Waals surface area (Å²) in [6.45, 7) is 0.647. The van der Waals surface area contributed by atoms with Crippen LogP contribution in [0.15, 0.2) is 73.1 Å². The number of hydrogen-bond acceptors (Lipinski definition) is 3. The summed E-state index contributed by atoms with van der Waals surface area (Å²) in [5.41, 5.74) is 2.81. The van der Waals surface area contributed by atoms with Crippen molar-refractivity contribution < 1.29 is 9.18 Å². The summed E-state index contributed by atoms with van der Waals surface area (Å²) in [5, 5.41) is 0. The van der Waals surface area contributed by atoms with Gasteiger partial charge in [0.2, 0.25) is 0 Å². The van der Waals surface area contributed by atoms with Crippen molar-refractivity contribution in [1.29, 1.82) is 0 Å². The van der Waals surface area contributed by atoms with Gasteiger partial charge in [-0.3, -0.25) is 9.78 Å². The number of rotatable bonds is 5. The normalized spacial score (nSPS) is 10.9. The van der Waals surface area contributed by atoms with Crippen molar-refractivity contribution in [3.05, 3.63) is 95.8 Å². The van der Waals surface area contributed by atoms with Gasteiger partial charge in [0.15, 0.2) is 0 Å². The molecule has 0 radical (unpaired) electrons. The number of amides is 1. The Morgan fingerprint density at radius 1 is 1.07 bits per heavy atom. The first-order valence-corrected chi connectivity index (χ1v) is 8.96. The highest BCUT2D eigenvalue weighted by atomic mass is 19.1. The smallest absolute Gasteiger partial charge is 0.255 e. The number of carbonyl (C=O) groups is 1. The molecule has 6 heteroatoms. The van der Waals surface area contributed by atoms with Crippen LogP contribution in [0.1, 0.15) is 21.7 Å². The van der Waals surface area contributed by atoms with E-state index in [2.05, 4.69) is 9.97 Å². The average molecular weight is 374 g/mol. The second-order valence-corrected chi connectivity index (χ2v) is 6.60. The standard InChI is InChI=1S/C22H19FN4O/c1-26(22(28)16-8-6-12-24-13-16)15-21-25-19-10-4-5-11-20(19)27(21)14-17-7-2-3-9-18(17)23/h2-13H,14-15H2,1H3. The lowest BCUT2D eigenvalue weighted by Crippen LogP contribution is -2.28. The van der Waals surface area contributed by atoms with Gasteiger partial charge in [-0.15, -0.1) is 0 Å². The number of imidazole rings is 1. The maximum atomic E-state index is 14.2. The number of carbonyl (C=O) groups excluding carboxylic acids is 1. The highest BCUT2D eigenvalue weighted by Crippen LogP contribution is 2.20. The molecule has 0 atom stereocenters. The van der Waals surface area contributed by atoms with Crippen LogP contribution in [0.3, 0.4) is 0 Å². The molecule has 4 aromatic rings. The zero-order chi connectivity index (χ0) is 19.5. The Morgan fingerprint density at radius 3 is 2.64 bits per heavy atom. The molecule has 2 heterocycles. The van der Waals surface area contributed by atoms with Crippen molar-refractivity contribution in [3.8, 4) is 0 Å². The molecule has 0 spiro atoms. The number of pyridine rings is 1. The van der Waals surface area contributed by atoms with E-state index in [1.165, 1.54) is 6.07 Å². The highest BCUT2D eigenvalue weighted by molar-refractivity contribution is 5.93. The van der Waals surface area contributed by atoms with Crippen LogP contribution >= 0.6 is 0 Å². The minimum atomic E-state index is -0.258. The lowest BCUT2D eigenvalue weighted by Gasteiger charge is -2.18. The summed E-state index contributed by atoms with van der Waals surface area (Å²) in [4.78, 5) is 23.0. The van der Waals surface area contributed by atoms with Crippen LogP contribution in [0.2, 0.25) is 0 Å². The van der Waals surface area contributed by atoms with Crippen molar-refractivity contribution in [1.82, 2.24) is 19.4 Å². The predicted octanol–water partition coefficient (Wildman–Crippen LogP) is 3.89. The van der Waals surface area contributed by atoms with Gasteiger partial charge in [-0.1, -0.05) is 30.3 Å². The van der Waals surface area contributed by atoms with Gasteiger partial charge in [-0.25, -0.2) is 9.37 Å². The third-order valence-corrected chi connectivity index (χ3v) is 4.65. The molecule has 0 aliphatic heterocycles. The summed E-state index contributed by atoms with van der Waals surface area (Å²) < 4.78 is 16.2. The Kier molecular flexibility index (Phi) is 4.85. The highest BCUT2D eigenvalue weighted by Gasteiger charge is 2.18. The third kappa shape index (κ3) is 3.49. The van der Waals surface area contributed by atoms with Crippen molar-refractivity contribution >= 4 is 16.9 Å². The first-order valence-electron chi connectivity index (χ1n) is 8.96. The van der Waals surface area contributed by atoms with Gasteiger partial charge in [-0.2, -0.15) is 0 Å². The van der Waals surface area contributed by atoms with Gasteiger partial charge in [0.05, 0.1) is 29.7 Å². The zero-order valence-corrected chi connectivity index (χ0v) is 15.4. The number of nitrogens with zero attached hydrogens (tertiary/aromatic N) is 4. The molecular formula is C22H19FN4O. The Bertz CT molecular complexity index is 1120. The Hall–Kier alpha value is -3.54. The van der Waals surface area contributed by atoms with Crippen LogP contribution in [0.4, 0.5) is 4.39 Å². The molecule has 1 amide bonds. The largest absolute Gasteiger partial charge is 0.334 e. The van der Waals surface area contributed by atoms with Crippen molar-refractivity contribution in [3.63, 3.8) is 0 Å². The lowest BCUT2D eigenvalue weighted by atomic mass is 10.2. The number of hydrogen-bond donors (Lipinski definition) is 0. The van der Waals surface area contributed by atoms with Crippen molar-refractivity contribution in [2.75, 3.05) is 7.05 Å². The molecule has 2 aromatic carbocycles. The third-order valence-electron chi connectivity index (χ3n) is 4.65. The molecule has 0 fully saturated rings. The van der Waals surface area contributed by atoms with E-state index in [0.717, 1.165) is 11.0 Å². The van der Waals surface area contributed by atoms with Crippen LogP contribution in [0.25, 0.3) is 11.0 Å². The van der Waals surface area contributed by atoms with Gasteiger partial charge in [0, 0.05) is 25.0 Å². The molecule has 0 saturated heterocycles. The number of benzene rings is 2. The Balaban J connectivity index is 1.68. The summed E-state index contributed by atoms with van der Waals surface area (Å²) >= 11 is 0. The number of aromatic nitrogens is 3. The molecule has 0 unspecified atom stereocenters. The predicted molar refractivity (Wildman–Crippen MR) is 105 cm³/mol. The van der Waals surface area contributed by atoms with E-state index in [4.69, 9.17) is 0 Å². The fourth-order valence-electron chi connectivity index (χ4n) is 3.21. The van der Waals surface area contributed by atoms with Gasteiger partial charge in [0.25, 0.3) is 5.91 Å². The summed E-state index contributed by atoms with van der Waals surface area (Å²) in [6, 6.07) is 17.9. The van der Waals surface area contributed by atoms with Crippen LogP contribution in [-0.2, 0) is 13.1 Å². The first-order chi connectivity index (χ1) is 13.6. The van der Waals surface area contributed by atoms with Crippen LogP contribution in [0.5, 0.6) is 0 Å². The average Bonchev–Trinajstić information content (AvgIpc) is 3.07. The molecule has 5 nitrogen and oxygen atoms in total. The molecule has 140 valence electrons. The van der Waals surface area contributed by atoms with E-state index in [1.54, 1.807) is 48.6 Å². The fraction of sp³-hybridized carbons (Fsp3) is 0.136. The quantitative estimate of drug-likeness (QED) is 0.533. The Labute approximate surface area is 162 Å². The van der Waals surface area contributed by atoms with Crippen LogP contribution in [-0.4, -0.2) is 32.4 Å². The summed E-state index contributed by atoms with van der Waals surface area (Å²) in [6.07, 6.45) is 3.17. The molecular weight excluding hydrogens is 355 g/mol. The molecule has 0 N–H and O–H groups in total. The maximum Gasteiger partial charge on any atom is 0.255 e. The van der Waals surface area contributed by atoms with Gasteiger partial charge in [0.1, 0.15) is 11.6 Å². The molecule has 0 aliphatic carbocycles. The van der Waals surface area contributed by atoms with Gasteiger partial charge in [-0.05, 0) is 30.3 Å². The summed E-state index contributed by atoms with van der Waals surface area (Å²) in [5.74, 6) is 0.299. The van der Waals surface area contributed by atoms with E-state index < -0.39 is 0 Å². The first kappa shape index (κ1) is 17.9. The number of para-hydroxylation sites is 2. The monoisotopic (exact) mass is 374 g/mol. The second kappa shape index (κ2) is 7.60. The SMILES string of the molecule is CN(Cc1nc2ccccc2n1Cc1ccccc1F)C(=O)c1cccnc1. The lowest BCUT2D eigenvalue weighted by molar-refractivity contribution is 0.0780. The van der Waals surface area contributed by atoms with E-state index in [-0.39, 0.29) is 11.7 Å². The molecule has 4 rings (SSSR count). The topological polar surface area (TPSA) is 51.0 Å². The second-order valence-electron chi connectivity index (χ2n) is 6.60. The van der Waals surface area contributed by atoms with E-state index in [1.807, 2.05) is 34.9 Å². The van der Waals surface area contributed by atoms with E-state index >= 15 is 0 Å². The van der Waals surface area contributed by atoms with Crippen molar-refractivity contribution in [2.45, 2.75) is 13.1 Å². The van der Waals surface area contributed by atoms with Crippen LogP contribution < -0.4 is 0 Å². The summed E-state index contributed by atoms with van der Waals surface area (Å²) in [7, 11) is 1.72. The molecule has 28 heavy (non-hydrogen) atoms. The number of fused-ring (bicyclic) bond motifs is 1. The maximum absolute atomic E-state index is 14.2. The molecule has 0 bridgehead atoms. The fourth-order valence-corrected chi connectivity index (χ4v) is 3.21.